The Morgan fingerprint density at radius 3 is 2.77 bits per heavy atom. The number of hydrogen-bond acceptors (Lipinski definition) is 4. The van der Waals surface area contributed by atoms with Crippen LogP contribution in [0.1, 0.15) is 29.4 Å². The Morgan fingerprint density at radius 2 is 2.18 bits per heavy atom. The third-order valence-corrected chi connectivity index (χ3v) is 5.28. The third-order valence-electron chi connectivity index (χ3n) is 3.66. The minimum atomic E-state index is -0.506. The number of piperidine rings is 1. The molecule has 1 aliphatic rings. The summed E-state index contributed by atoms with van der Waals surface area (Å²) in [5.41, 5.74) is 0. The molecule has 2 unspecified atom stereocenters. The highest BCUT2D eigenvalue weighted by molar-refractivity contribution is 9.11. The van der Waals surface area contributed by atoms with E-state index in [1.54, 1.807) is 13.0 Å². The summed E-state index contributed by atoms with van der Waals surface area (Å²) in [5, 5.41) is 5.99. The summed E-state index contributed by atoms with van der Waals surface area (Å²) in [4.78, 5) is 26.9. The average molecular weight is 411 g/mol. The topological polar surface area (TPSA) is 61.4 Å². The van der Waals surface area contributed by atoms with E-state index in [1.165, 1.54) is 11.3 Å². The summed E-state index contributed by atoms with van der Waals surface area (Å²) >= 11 is 4.69. The van der Waals surface area contributed by atoms with Crippen molar-refractivity contribution in [2.45, 2.75) is 31.8 Å². The lowest BCUT2D eigenvalue weighted by atomic mass is 10.1. The molecular formula is C14H21BrClN3O2S. The minimum absolute atomic E-state index is 0. The van der Waals surface area contributed by atoms with Crippen LogP contribution in [0.3, 0.4) is 0 Å². The molecule has 2 rings (SSSR count). The molecule has 5 nitrogen and oxygen atoms in total. The number of carbonyl (C=O) groups excluding carboxylic acids is 2. The van der Waals surface area contributed by atoms with Crippen LogP contribution in [0.5, 0.6) is 0 Å². The Balaban J connectivity index is 0.00000242. The van der Waals surface area contributed by atoms with Crippen LogP contribution < -0.4 is 10.6 Å². The highest BCUT2D eigenvalue weighted by Crippen LogP contribution is 2.22. The van der Waals surface area contributed by atoms with Crippen molar-refractivity contribution in [3.05, 3.63) is 20.8 Å². The van der Waals surface area contributed by atoms with Gasteiger partial charge < -0.3 is 15.5 Å². The molecule has 2 amide bonds. The number of thiophene rings is 1. The highest BCUT2D eigenvalue weighted by atomic mass is 79.9. The number of nitrogens with zero attached hydrogens (tertiary/aromatic N) is 1. The molecule has 2 atom stereocenters. The van der Waals surface area contributed by atoms with Gasteiger partial charge >= 0.3 is 0 Å². The van der Waals surface area contributed by atoms with Gasteiger partial charge in [0.15, 0.2) is 0 Å². The summed E-state index contributed by atoms with van der Waals surface area (Å²) in [5.74, 6) is -0.215. The predicted molar refractivity (Wildman–Crippen MR) is 94.9 cm³/mol. The van der Waals surface area contributed by atoms with Gasteiger partial charge in [-0.15, -0.1) is 23.7 Å². The van der Waals surface area contributed by atoms with Gasteiger partial charge in [-0.1, -0.05) is 0 Å². The molecule has 8 heteroatoms. The summed E-state index contributed by atoms with van der Waals surface area (Å²) < 4.78 is 0.902. The molecule has 0 aromatic carbocycles. The molecule has 0 spiro atoms. The lowest BCUT2D eigenvalue weighted by Crippen LogP contribution is -2.53. The third kappa shape index (κ3) is 4.94. The van der Waals surface area contributed by atoms with Crippen LogP contribution in [0, 0.1) is 0 Å². The molecule has 0 aliphatic carbocycles. The van der Waals surface area contributed by atoms with Crippen molar-refractivity contribution in [3.63, 3.8) is 0 Å². The normalized spacial score (nSPS) is 19.2. The van der Waals surface area contributed by atoms with E-state index in [0.717, 1.165) is 23.2 Å². The second kappa shape index (κ2) is 8.86. The highest BCUT2D eigenvalue weighted by Gasteiger charge is 2.27. The number of rotatable bonds is 4. The molecule has 1 aliphatic heterocycles. The van der Waals surface area contributed by atoms with Crippen molar-refractivity contribution < 1.29 is 9.59 Å². The van der Waals surface area contributed by atoms with Crippen molar-refractivity contribution in [1.82, 2.24) is 15.5 Å². The SMILES string of the molecule is CNC1CCCN(C(=O)C(C)NC(=O)c2ccc(Br)s2)C1.Cl. The fourth-order valence-electron chi connectivity index (χ4n) is 2.45. The Hall–Kier alpha value is -0.630. The predicted octanol–water partition coefficient (Wildman–Crippen LogP) is 2.26. The molecule has 2 heterocycles. The molecule has 0 saturated carbocycles. The molecule has 1 aromatic rings. The van der Waals surface area contributed by atoms with E-state index in [1.807, 2.05) is 18.0 Å². The first-order valence-electron chi connectivity index (χ1n) is 7.03. The number of carbonyl (C=O) groups is 2. The number of hydrogen-bond donors (Lipinski definition) is 2. The molecule has 0 radical (unpaired) electrons. The molecule has 1 saturated heterocycles. The minimum Gasteiger partial charge on any atom is -0.340 e. The second-order valence-electron chi connectivity index (χ2n) is 5.21. The quantitative estimate of drug-likeness (QED) is 0.800. The maximum Gasteiger partial charge on any atom is 0.262 e. The van der Waals surface area contributed by atoms with Crippen LogP contribution in [0.25, 0.3) is 0 Å². The van der Waals surface area contributed by atoms with Gasteiger partial charge in [0.05, 0.1) is 8.66 Å². The van der Waals surface area contributed by atoms with E-state index in [9.17, 15) is 9.59 Å². The Kier molecular flexibility index (Phi) is 7.82. The van der Waals surface area contributed by atoms with Gasteiger partial charge in [-0.05, 0) is 54.9 Å². The van der Waals surface area contributed by atoms with Gasteiger partial charge in [0, 0.05) is 19.1 Å². The van der Waals surface area contributed by atoms with Crippen LogP contribution in [0.15, 0.2) is 15.9 Å². The molecule has 124 valence electrons. The summed E-state index contributed by atoms with van der Waals surface area (Å²) in [6.07, 6.45) is 2.08. The van der Waals surface area contributed by atoms with Crippen molar-refractivity contribution in [3.8, 4) is 0 Å². The number of nitrogens with one attached hydrogen (secondary N) is 2. The van der Waals surface area contributed by atoms with E-state index >= 15 is 0 Å². The van der Waals surface area contributed by atoms with Gasteiger partial charge in [0.2, 0.25) is 5.91 Å². The van der Waals surface area contributed by atoms with E-state index in [-0.39, 0.29) is 24.2 Å². The van der Waals surface area contributed by atoms with Gasteiger partial charge in [-0.3, -0.25) is 9.59 Å². The first-order chi connectivity index (χ1) is 10.0. The lowest BCUT2D eigenvalue weighted by Gasteiger charge is -2.34. The van der Waals surface area contributed by atoms with Crippen LogP contribution in [0.2, 0.25) is 0 Å². The van der Waals surface area contributed by atoms with Crippen LogP contribution >= 0.6 is 39.7 Å². The van der Waals surface area contributed by atoms with Crippen molar-refractivity contribution in [2.75, 3.05) is 20.1 Å². The molecule has 22 heavy (non-hydrogen) atoms. The lowest BCUT2D eigenvalue weighted by molar-refractivity contribution is -0.134. The van der Waals surface area contributed by atoms with Gasteiger partial charge in [-0.25, -0.2) is 0 Å². The van der Waals surface area contributed by atoms with Crippen molar-refractivity contribution >= 4 is 51.5 Å². The number of likely N-dealkylation sites (N-methyl/N-ethyl adjacent to an activating group) is 1. The van der Waals surface area contributed by atoms with Crippen LogP contribution in [0.4, 0.5) is 0 Å². The van der Waals surface area contributed by atoms with Crippen molar-refractivity contribution in [2.24, 2.45) is 0 Å². The van der Waals surface area contributed by atoms with Gasteiger partial charge in [0.1, 0.15) is 6.04 Å². The molecule has 2 N–H and O–H groups in total. The van der Waals surface area contributed by atoms with Crippen molar-refractivity contribution in [1.29, 1.82) is 0 Å². The van der Waals surface area contributed by atoms with Gasteiger partial charge in [-0.2, -0.15) is 0 Å². The smallest absolute Gasteiger partial charge is 0.262 e. The maximum absolute atomic E-state index is 12.4. The summed E-state index contributed by atoms with van der Waals surface area (Å²) in [7, 11) is 1.92. The number of halogens is 2. The standard InChI is InChI=1S/C14H20BrN3O2S.ClH/c1-9(17-13(19)11-5-6-12(15)21-11)14(20)18-7-3-4-10(8-18)16-2;/h5-6,9-10,16H,3-4,7-8H2,1-2H3,(H,17,19);1H. The van der Waals surface area contributed by atoms with E-state index < -0.39 is 6.04 Å². The zero-order valence-corrected chi connectivity index (χ0v) is 15.8. The zero-order valence-electron chi connectivity index (χ0n) is 12.6. The number of amides is 2. The second-order valence-corrected chi connectivity index (χ2v) is 7.67. The van der Waals surface area contributed by atoms with E-state index in [0.29, 0.717) is 17.5 Å². The summed E-state index contributed by atoms with van der Waals surface area (Å²) in [6, 6.07) is 3.42. The zero-order chi connectivity index (χ0) is 15.4. The Labute approximate surface area is 149 Å². The average Bonchev–Trinajstić information content (AvgIpc) is 2.93. The largest absolute Gasteiger partial charge is 0.340 e. The fraction of sp³-hybridized carbons (Fsp3) is 0.571. The number of likely N-dealkylation sites (tertiary alicyclic amines) is 1. The van der Waals surface area contributed by atoms with Crippen LogP contribution in [-0.4, -0.2) is 48.9 Å². The summed E-state index contributed by atoms with van der Waals surface area (Å²) in [6.45, 7) is 3.22. The molecule has 1 fully saturated rings. The molecular weight excluding hydrogens is 390 g/mol. The Bertz CT molecular complexity index is 526. The van der Waals surface area contributed by atoms with Crippen LogP contribution in [-0.2, 0) is 4.79 Å². The fourth-order valence-corrected chi connectivity index (χ4v) is 3.74. The maximum atomic E-state index is 12.4. The Morgan fingerprint density at radius 1 is 1.45 bits per heavy atom. The first kappa shape index (κ1) is 19.4. The molecule has 0 bridgehead atoms. The van der Waals surface area contributed by atoms with Gasteiger partial charge in [0.25, 0.3) is 5.91 Å². The monoisotopic (exact) mass is 409 g/mol. The first-order valence-corrected chi connectivity index (χ1v) is 8.64. The molecule has 1 aromatic heterocycles. The van der Waals surface area contributed by atoms with E-state index in [2.05, 4.69) is 26.6 Å². The van der Waals surface area contributed by atoms with E-state index in [4.69, 9.17) is 0 Å².